The molecule has 2 aliphatic rings. The molecule has 2 aliphatic heterocycles. The lowest BCUT2D eigenvalue weighted by Gasteiger charge is -2.44. The summed E-state index contributed by atoms with van der Waals surface area (Å²) in [6, 6.07) is 29.7. The Balaban J connectivity index is 1.49. The molecule has 0 aromatic heterocycles. The van der Waals surface area contributed by atoms with E-state index in [4.69, 9.17) is 9.16 Å². The van der Waals surface area contributed by atoms with Crippen molar-refractivity contribution in [1.82, 2.24) is 5.32 Å². The molecule has 0 saturated carbocycles. The molecule has 1 unspecified atom stereocenters. The smallest absolute Gasteiger partial charge is 0.261 e. The average Bonchev–Trinajstić information content (AvgIpc) is 3.51. The zero-order valence-corrected chi connectivity index (χ0v) is 23.3. The first kappa shape index (κ1) is 26.6. The Kier molecular flexibility index (Phi) is 7.42. The van der Waals surface area contributed by atoms with Gasteiger partial charge in [0.25, 0.3) is 14.2 Å². The first-order valence-electron chi connectivity index (χ1n) is 13.4. The Bertz CT molecular complexity index is 1220. The summed E-state index contributed by atoms with van der Waals surface area (Å²) in [7, 11) is -2.82. The molecule has 38 heavy (non-hydrogen) atoms. The second-order valence-electron chi connectivity index (χ2n) is 11.5. The minimum Gasteiger partial charge on any atom is -0.405 e. The molecule has 1 saturated heterocycles. The Morgan fingerprint density at radius 3 is 2.00 bits per heavy atom. The van der Waals surface area contributed by atoms with Crippen molar-refractivity contribution in [2.24, 2.45) is 0 Å². The van der Waals surface area contributed by atoms with E-state index in [0.29, 0.717) is 18.4 Å². The zero-order chi connectivity index (χ0) is 26.8. The van der Waals surface area contributed by atoms with Crippen LogP contribution in [0.15, 0.2) is 103 Å². The van der Waals surface area contributed by atoms with Gasteiger partial charge in [0.2, 0.25) is 0 Å². The summed E-state index contributed by atoms with van der Waals surface area (Å²) in [6.45, 7) is 6.98. The Hall–Kier alpha value is -3.03. The molecular weight excluding hydrogens is 490 g/mol. The number of hydrogen-bond acceptors (Lipinski definition) is 4. The summed E-state index contributed by atoms with van der Waals surface area (Å²) in [5.41, 5.74) is -0.470. The van der Waals surface area contributed by atoms with Crippen LogP contribution in [0.25, 0.3) is 0 Å². The van der Waals surface area contributed by atoms with Gasteiger partial charge in [-0.1, -0.05) is 112 Å². The summed E-state index contributed by atoms with van der Waals surface area (Å²) >= 11 is 0. The van der Waals surface area contributed by atoms with Crippen molar-refractivity contribution in [2.75, 3.05) is 6.61 Å². The van der Waals surface area contributed by atoms with E-state index in [0.717, 1.165) is 0 Å². The van der Waals surface area contributed by atoms with Gasteiger partial charge in [0, 0.05) is 18.4 Å². The molecule has 0 aliphatic carbocycles. The lowest BCUT2D eigenvalue weighted by Crippen LogP contribution is -2.67. The fourth-order valence-electron chi connectivity index (χ4n) is 6.01. The number of rotatable bonds is 9. The van der Waals surface area contributed by atoms with Gasteiger partial charge in [-0.25, -0.2) is 0 Å². The standard InChI is InChI=1S/C32H37NO4Si/c1-31(2,3)38(27-15-9-5-10-16-27,28-17-11-6-12-18-28)36-23-25(33-30(34)24-13-7-4-8-14-24)21-32(35)22-26-19-20-29(32)37-26/h4-20,25-26,29,35H,21-23H2,1-3H3,(H,33,34)/t25?,26-,29+,32-/m0/s1. The average molecular weight is 528 g/mol. The van der Waals surface area contributed by atoms with Crippen LogP contribution in [-0.4, -0.2) is 49.8 Å². The van der Waals surface area contributed by atoms with Crippen molar-refractivity contribution in [2.45, 2.75) is 62.5 Å². The molecule has 3 aromatic rings. The van der Waals surface area contributed by atoms with Crippen LogP contribution in [-0.2, 0) is 9.16 Å². The number of carbonyl (C=O) groups excluding carboxylic acids is 1. The minimum absolute atomic E-state index is 0.0759. The Morgan fingerprint density at radius 2 is 1.53 bits per heavy atom. The maximum Gasteiger partial charge on any atom is 0.261 e. The molecule has 4 atom stereocenters. The fourth-order valence-corrected chi connectivity index (χ4v) is 10.6. The fraction of sp³-hybridized carbons (Fsp3) is 0.344. The molecule has 0 radical (unpaired) electrons. The van der Waals surface area contributed by atoms with E-state index in [1.54, 1.807) is 12.1 Å². The minimum atomic E-state index is -2.82. The van der Waals surface area contributed by atoms with Crippen molar-refractivity contribution in [1.29, 1.82) is 0 Å². The van der Waals surface area contributed by atoms with E-state index in [1.165, 1.54) is 10.4 Å². The predicted molar refractivity (Wildman–Crippen MR) is 153 cm³/mol. The van der Waals surface area contributed by atoms with E-state index in [9.17, 15) is 9.90 Å². The van der Waals surface area contributed by atoms with E-state index in [2.05, 4.69) is 74.6 Å². The second kappa shape index (κ2) is 10.6. The third kappa shape index (κ3) is 5.14. The van der Waals surface area contributed by atoms with Gasteiger partial charge in [-0.3, -0.25) is 4.79 Å². The number of aliphatic hydroxyl groups is 1. The van der Waals surface area contributed by atoms with Gasteiger partial charge in [0.15, 0.2) is 0 Å². The van der Waals surface area contributed by atoms with Crippen LogP contribution in [0.1, 0.15) is 44.0 Å². The largest absolute Gasteiger partial charge is 0.405 e. The highest BCUT2D eigenvalue weighted by atomic mass is 28.4. The molecular formula is C32H37NO4Si. The van der Waals surface area contributed by atoms with Crippen molar-refractivity contribution in [3.63, 3.8) is 0 Å². The van der Waals surface area contributed by atoms with Gasteiger partial charge < -0.3 is 19.6 Å². The number of nitrogens with one attached hydrogen (secondary N) is 1. The van der Waals surface area contributed by atoms with Crippen LogP contribution in [0.5, 0.6) is 0 Å². The van der Waals surface area contributed by atoms with Crippen molar-refractivity contribution >= 4 is 24.6 Å². The lowest BCUT2D eigenvalue weighted by molar-refractivity contribution is -0.0269. The highest BCUT2D eigenvalue weighted by Gasteiger charge is 2.52. The molecule has 5 rings (SSSR count). The van der Waals surface area contributed by atoms with E-state index in [1.807, 2.05) is 42.5 Å². The molecule has 3 aromatic carbocycles. The van der Waals surface area contributed by atoms with E-state index >= 15 is 0 Å². The van der Waals surface area contributed by atoms with Crippen molar-refractivity contribution in [3.8, 4) is 0 Å². The summed E-state index contributed by atoms with van der Waals surface area (Å²) < 4.78 is 13.1. The number of benzene rings is 3. The molecule has 1 amide bonds. The summed E-state index contributed by atoms with van der Waals surface area (Å²) in [5, 5.41) is 16.9. The van der Waals surface area contributed by atoms with Crippen LogP contribution in [0.3, 0.4) is 0 Å². The van der Waals surface area contributed by atoms with Gasteiger partial charge in [0.1, 0.15) is 6.10 Å². The number of hydrogen-bond donors (Lipinski definition) is 2. The summed E-state index contributed by atoms with van der Waals surface area (Å²) in [6.07, 6.45) is 4.37. The summed E-state index contributed by atoms with van der Waals surface area (Å²) in [5.74, 6) is -0.176. The van der Waals surface area contributed by atoms with Crippen LogP contribution in [0.2, 0.25) is 5.04 Å². The molecule has 2 heterocycles. The monoisotopic (exact) mass is 527 g/mol. The van der Waals surface area contributed by atoms with Gasteiger partial charge >= 0.3 is 0 Å². The molecule has 5 nitrogen and oxygen atoms in total. The van der Waals surface area contributed by atoms with Crippen LogP contribution in [0, 0.1) is 0 Å². The first-order valence-corrected chi connectivity index (χ1v) is 15.3. The third-order valence-electron chi connectivity index (χ3n) is 7.80. The van der Waals surface area contributed by atoms with Gasteiger partial charge in [-0.05, 0) is 27.5 Å². The molecule has 198 valence electrons. The Labute approximate surface area is 226 Å². The van der Waals surface area contributed by atoms with Gasteiger partial charge in [0.05, 0.1) is 24.4 Å². The number of carbonyl (C=O) groups is 1. The predicted octanol–water partition coefficient (Wildman–Crippen LogP) is 4.21. The molecule has 2 N–H and O–H groups in total. The molecule has 2 bridgehead atoms. The third-order valence-corrected chi connectivity index (χ3v) is 12.8. The normalized spacial score (nSPS) is 23.4. The maximum absolute atomic E-state index is 13.3. The summed E-state index contributed by atoms with van der Waals surface area (Å²) in [4.78, 5) is 13.3. The zero-order valence-electron chi connectivity index (χ0n) is 22.3. The number of ether oxygens (including phenoxy) is 1. The number of amides is 1. The van der Waals surface area contributed by atoms with Crippen LogP contribution in [0.4, 0.5) is 0 Å². The van der Waals surface area contributed by atoms with Crippen molar-refractivity contribution in [3.05, 3.63) is 109 Å². The lowest BCUT2D eigenvalue weighted by atomic mass is 9.83. The van der Waals surface area contributed by atoms with Gasteiger partial charge in [-0.2, -0.15) is 0 Å². The van der Waals surface area contributed by atoms with Crippen LogP contribution >= 0.6 is 0 Å². The van der Waals surface area contributed by atoms with Crippen molar-refractivity contribution < 1.29 is 19.1 Å². The Morgan fingerprint density at radius 1 is 0.974 bits per heavy atom. The highest BCUT2D eigenvalue weighted by Crippen LogP contribution is 2.41. The topological polar surface area (TPSA) is 67.8 Å². The van der Waals surface area contributed by atoms with Gasteiger partial charge in [-0.15, -0.1) is 0 Å². The molecule has 6 heteroatoms. The van der Waals surface area contributed by atoms with Crippen LogP contribution < -0.4 is 15.7 Å². The SMILES string of the molecule is CC(C)(C)[Si](OCC(C[C@]1(O)C[C@@H]2C=C[C@H]1O2)NC(=O)c1ccccc1)(c1ccccc1)c1ccccc1. The quantitative estimate of drug-likeness (QED) is 0.323. The molecule has 0 spiro atoms. The number of fused-ring (bicyclic) bond motifs is 2. The molecule has 1 fully saturated rings. The highest BCUT2D eigenvalue weighted by molar-refractivity contribution is 6.99. The van der Waals surface area contributed by atoms with E-state index < -0.39 is 20.0 Å². The second-order valence-corrected chi connectivity index (χ2v) is 15.8. The first-order chi connectivity index (χ1) is 18.2. The van der Waals surface area contributed by atoms with E-state index in [-0.39, 0.29) is 29.8 Å². The maximum atomic E-state index is 13.3.